The maximum absolute atomic E-state index is 5.87. The van der Waals surface area contributed by atoms with Crippen LogP contribution < -0.4 is 5.32 Å². The molecule has 0 aliphatic heterocycles. The van der Waals surface area contributed by atoms with Gasteiger partial charge < -0.3 is 10.1 Å². The highest BCUT2D eigenvalue weighted by Gasteiger charge is 2.08. The Kier molecular flexibility index (Phi) is 7.28. The Morgan fingerprint density at radius 2 is 2.00 bits per heavy atom. The molecule has 0 heterocycles. The summed E-state index contributed by atoms with van der Waals surface area (Å²) in [5, 5.41) is 4.16. The topological polar surface area (TPSA) is 24.5 Å². The molecule has 0 bridgehead atoms. The number of hydrogen-bond acceptors (Lipinski definition) is 3. The molecule has 1 atom stereocenters. The smallest absolute Gasteiger partial charge is 0.0587 e. The van der Waals surface area contributed by atoms with Crippen LogP contribution in [0.4, 0.5) is 0 Å². The van der Waals surface area contributed by atoms with Crippen LogP contribution in [0.25, 0.3) is 0 Å². The lowest BCUT2D eigenvalue weighted by molar-refractivity contribution is 0.191. The maximum atomic E-state index is 5.87. The number of likely N-dealkylation sites (N-methyl/N-ethyl adjacent to an activating group) is 1. The van der Waals surface area contributed by atoms with Gasteiger partial charge in [-0.1, -0.05) is 23.7 Å². The fourth-order valence-electron chi connectivity index (χ4n) is 1.67. The van der Waals surface area contributed by atoms with Gasteiger partial charge in [-0.15, -0.1) is 0 Å². The molecule has 0 aromatic heterocycles. The van der Waals surface area contributed by atoms with Gasteiger partial charge >= 0.3 is 0 Å². The van der Waals surface area contributed by atoms with Crippen LogP contribution >= 0.6 is 11.6 Å². The van der Waals surface area contributed by atoms with Crippen molar-refractivity contribution in [2.75, 3.05) is 33.9 Å². The lowest BCUT2D eigenvalue weighted by Crippen LogP contribution is -2.38. The van der Waals surface area contributed by atoms with E-state index in [0.29, 0.717) is 6.04 Å². The van der Waals surface area contributed by atoms with Crippen LogP contribution in [-0.4, -0.2) is 44.8 Å². The standard InChI is InChI=1S/C14H23ClN2O/c1-12(10-16-8-9-18-3)17(2)11-13-4-6-14(15)7-5-13/h4-7,12,16H,8-11H2,1-3H3. The van der Waals surface area contributed by atoms with Crippen molar-refractivity contribution in [3.63, 3.8) is 0 Å². The molecule has 0 aliphatic rings. The fourth-order valence-corrected chi connectivity index (χ4v) is 1.80. The second-order valence-corrected chi connectivity index (χ2v) is 5.02. The van der Waals surface area contributed by atoms with Gasteiger partial charge in [0, 0.05) is 37.8 Å². The van der Waals surface area contributed by atoms with Gasteiger partial charge in [-0.3, -0.25) is 4.90 Å². The predicted octanol–water partition coefficient (Wildman–Crippen LogP) is 2.40. The number of benzene rings is 1. The molecule has 1 aromatic carbocycles. The van der Waals surface area contributed by atoms with Gasteiger partial charge in [0.2, 0.25) is 0 Å². The number of hydrogen-bond donors (Lipinski definition) is 1. The number of ether oxygens (including phenoxy) is 1. The summed E-state index contributed by atoms with van der Waals surface area (Å²) in [5.41, 5.74) is 1.28. The monoisotopic (exact) mass is 270 g/mol. The van der Waals surface area contributed by atoms with Crippen LogP contribution in [-0.2, 0) is 11.3 Å². The third-order valence-corrected chi connectivity index (χ3v) is 3.27. The lowest BCUT2D eigenvalue weighted by Gasteiger charge is -2.25. The first kappa shape index (κ1) is 15.4. The zero-order valence-electron chi connectivity index (χ0n) is 11.4. The molecule has 0 radical (unpaired) electrons. The molecule has 0 fully saturated rings. The van der Waals surface area contributed by atoms with E-state index < -0.39 is 0 Å². The van der Waals surface area contributed by atoms with Gasteiger partial charge in [0.05, 0.1) is 6.61 Å². The molecule has 1 rings (SSSR count). The zero-order valence-corrected chi connectivity index (χ0v) is 12.2. The Balaban J connectivity index is 2.30. The maximum Gasteiger partial charge on any atom is 0.0587 e. The molecule has 4 heteroatoms. The van der Waals surface area contributed by atoms with E-state index in [9.17, 15) is 0 Å². The Morgan fingerprint density at radius 1 is 1.33 bits per heavy atom. The first-order chi connectivity index (χ1) is 8.63. The first-order valence-electron chi connectivity index (χ1n) is 6.28. The lowest BCUT2D eigenvalue weighted by atomic mass is 10.2. The molecule has 0 saturated heterocycles. The Hall–Kier alpha value is -0.610. The number of nitrogens with zero attached hydrogens (tertiary/aromatic N) is 1. The minimum atomic E-state index is 0.484. The van der Waals surface area contributed by atoms with Gasteiger partial charge in [-0.2, -0.15) is 0 Å². The SMILES string of the molecule is COCCNCC(C)N(C)Cc1ccc(Cl)cc1. The second kappa shape index (κ2) is 8.48. The highest BCUT2D eigenvalue weighted by atomic mass is 35.5. The number of halogens is 1. The Morgan fingerprint density at radius 3 is 2.61 bits per heavy atom. The largest absolute Gasteiger partial charge is 0.383 e. The number of methoxy groups -OCH3 is 1. The van der Waals surface area contributed by atoms with Crippen LogP contribution in [0.3, 0.4) is 0 Å². The van der Waals surface area contributed by atoms with Crippen molar-refractivity contribution in [1.29, 1.82) is 0 Å². The minimum absolute atomic E-state index is 0.484. The van der Waals surface area contributed by atoms with Crippen LogP contribution in [0.2, 0.25) is 5.02 Å². The summed E-state index contributed by atoms with van der Waals surface area (Å²) in [7, 11) is 3.86. The molecule has 0 amide bonds. The van der Waals surface area contributed by atoms with Gasteiger partial charge in [-0.25, -0.2) is 0 Å². The average Bonchev–Trinajstić information content (AvgIpc) is 2.37. The molecule has 102 valence electrons. The van der Waals surface area contributed by atoms with Crippen LogP contribution in [0, 0.1) is 0 Å². The molecule has 1 unspecified atom stereocenters. The fraction of sp³-hybridized carbons (Fsp3) is 0.571. The van der Waals surface area contributed by atoms with Gasteiger partial charge in [0.25, 0.3) is 0 Å². The summed E-state index contributed by atoms with van der Waals surface area (Å²) >= 11 is 5.87. The number of nitrogens with one attached hydrogen (secondary N) is 1. The van der Waals surface area contributed by atoms with Gasteiger partial charge in [-0.05, 0) is 31.7 Å². The van der Waals surface area contributed by atoms with E-state index in [2.05, 4.69) is 36.3 Å². The summed E-state index contributed by atoms with van der Waals surface area (Å²) in [6.07, 6.45) is 0. The van der Waals surface area contributed by atoms with E-state index in [1.54, 1.807) is 7.11 Å². The second-order valence-electron chi connectivity index (χ2n) is 4.59. The highest BCUT2D eigenvalue weighted by Crippen LogP contribution is 2.11. The van der Waals surface area contributed by atoms with Crippen LogP contribution in [0.15, 0.2) is 24.3 Å². The van der Waals surface area contributed by atoms with E-state index in [0.717, 1.165) is 31.3 Å². The van der Waals surface area contributed by atoms with Gasteiger partial charge in [0.15, 0.2) is 0 Å². The Bertz CT molecular complexity index is 329. The van der Waals surface area contributed by atoms with Gasteiger partial charge in [0.1, 0.15) is 0 Å². The summed E-state index contributed by atoms with van der Waals surface area (Å²) in [4.78, 5) is 2.32. The van der Waals surface area contributed by atoms with Crippen LogP contribution in [0.1, 0.15) is 12.5 Å². The zero-order chi connectivity index (χ0) is 13.4. The quantitative estimate of drug-likeness (QED) is 0.734. The summed E-state index contributed by atoms with van der Waals surface area (Å²) < 4.78 is 5.00. The molecule has 1 aromatic rings. The molecule has 18 heavy (non-hydrogen) atoms. The third-order valence-electron chi connectivity index (χ3n) is 3.02. The van der Waals surface area contributed by atoms with Crippen molar-refractivity contribution in [2.45, 2.75) is 19.5 Å². The van der Waals surface area contributed by atoms with E-state index in [-0.39, 0.29) is 0 Å². The molecule has 0 saturated carbocycles. The van der Waals surface area contributed by atoms with E-state index >= 15 is 0 Å². The van der Waals surface area contributed by atoms with Crippen molar-refractivity contribution in [2.24, 2.45) is 0 Å². The summed E-state index contributed by atoms with van der Waals surface area (Å²) in [6.45, 7) is 5.77. The average molecular weight is 271 g/mol. The van der Waals surface area contributed by atoms with Crippen molar-refractivity contribution in [3.8, 4) is 0 Å². The highest BCUT2D eigenvalue weighted by molar-refractivity contribution is 6.30. The summed E-state index contributed by atoms with van der Waals surface area (Å²) in [6, 6.07) is 8.50. The van der Waals surface area contributed by atoms with E-state index in [1.165, 1.54) is 5.56 Å². The third kappa shape index (κ3) is 5.83. The summed E-state index contributed by atoms with van der Waals surface area (Å²) in [5.74, 6) is 0. The van der Waals surface area contributed by atoms with Crippen molar-refractivity contribution < 1.29 is 4.74 Å². The number of rotatable bonds is 8. The van der Waals surface area contributed by atoms with Crippen molar-refractivity contribution in [1.82, 2.24) is 10.2 Å². The molecule has 3 nitrogen and oxygen atoms in total. The van der Waals surface area contributed by atoms with E-state index in [1.807, 2.05) is 12.1 Å². The van der Waals surface area contributed by atoms with Crippen molar-refractivity contribution >= 4 is 11.6 Å². The normalized spacial score (nSPS) is 12.9. The van der Waals surface area contributed by atoms with Crippen LogP contribution in [0.5, 0.6) is 0 Å². The first-order valence-corrected chi connectivity index (χ1v) is 6.65. The minimum Gasteiger partial charge on any atom is -0.383 e. The Labute approximate surface area is 115 Å². The molecular formula is C14H23ClN2O. The molecular weight excluding hydrogens is 248 g/mol. The predicted molar refractivity (Wildman–Crippen MR) is 77.1 cm³/mol. The van der Waals surface area contributed by atoms with Crippen molar-refractivity contribution in [3.05, 3.63) is 34.9 Å². The molecule has 0 spiro atoms. The molecule has 1 N–H and O–H groups in total. The molecule has 0 aliphatic carbocycles. The van der Waals surface area contributed by atoms with E-state index in [4.69, 9.17) is 16.3 Å².